The van der Waals surface area contributed by atoms with Crippen molar-refractivity contribution in [1.29, 1.82) is 0 Å². The summed E-state index contributed by atoms with van der Waals surface area (Å²) >= 11 is 12.5. The van der Waals surface area contributed by atoms with Gasteiger partial charge in [0.05, 0.1) is 28.4 Å². The van der Waals surface area contributed by atoms with E-state index in [-0.39, 0.29) is 18.4 Å². The van der Waals surface area contributed by atoms with Crippen molar-refractivity contribution < 1.29 is 14.3 Å². The second-order valence-corrected chi connectivity index (χ2v) is 8.63. The van der Waals surface area contributed by atoms with Crippen molar-refractivity contribution in [3.63, 3.8) is 0 Å². The van der Waals surface area contributed by atoms with Crippen LogP contribution >= 0.6 is 23.2 Å². The van der Waals surface area contributed by atoms with Crippen molar-refractivity contribution in [2.75, 3.05) is 25.2 Å². The van der Waals surface area contributed by atoms with Crippen LogP contribution in [-0.4, -0.2) is 42.0 Å². The number of fused-ring (bicyclic) bond motifs is 1. The summed E-state index contributed by atoms with van der Waals surface area (Å²) < 4.78 is 5.29. The number of methoxy groups -OCH3 is 1. The van der Waals surface area contributed by atoms with Gasteiger partial charge in [-0.25, -0.2) is 4.98 Å². The summed E-state index contributed by atoms with van der Waals surface area (Å²) in [6.07, 6.45) is 3.36. The van der Waals surface area contributed by atoms with Crippen molar-refractivity contribution >= 4 is 51.7 Å². The van der Waals surface area contributed by atoms with E-state index < -0.39 is 6.04 Å². The molecule has 4 rings (SSSR count). The molecular formula is C23H24Cl2N4O3. The summed E-state index contributed by atoms with van der Waals surface area (Å²) in [6, 6.07) is 9.87. The lowest BCUT2D eigenvalue weighted by Crippen LogP contribution is -2.32. The molecule has 1 aliphatic rings. The number of aromatic nitrogens is 2. The van der Waals surface area contributed by atoms with Gasteiger partial charge in [0, 0.05) is 30.7 Å². The Morgan fingerprint density at radius 2 is 2.06 bits per heavy atom. The van der Waals surface area contributed by atoms with Crippen molar-refractivity contribution in [3.05, 3.63) is 57.8 Å². The van der Waals surface area contributed by atoms with Crippen LogP contribution in [0.15, 0.2) is 36.4 Å². The molecule has 168 valence electrons. The fourth-order valence-corrected chi connectivity index (χ4v) is 4.31. The number of hydrogen-bond donors (Lipinski definition) is 2. The lowest BCUT2D eigenvalue weighted by Gasteiger charge is -2.22. The Morgan fingerprint density at radius 3 is 2.84 bits per heavy atom. The number of halogens is 2. The molecule has 2 aromatic carbocycles. The van der Waals surface area contributed by atoms with Crippen LogP contribution in [0.5, 0.6) is 0 Å². The van der Waals surface area contributed by atoms with Gasteiger partial charge in [-0.1, -0.05) is 29.6 Å². The summed E-state index contributed by atoms with van der Waals surface area (Å²) in [4.78, 5) is 34.8. The molecule has 2 heterocycles. The average molecular weight is 475 g/mol. The molecule has 7 nitrogen and oxygen atoms in total. The number of benzene rings is 2. The quantitative estimate of drug-likeness (QED) is 0.531. The minimum absolute atomic E-state index is 0.0618. The van der Waals surface area contributed by atoms with Crippen molar-refractivity contribution in [1.82, 2.24) is 15.3 Å². The van der Waals surface area contributed by atoms with Gasteiger partial charge in [0.25, 0.3) is 5.91 Å². The number of nitrogens with one attached hydrogen (secondary N) is 2. The Hall–Kier alpha value is -2.61. The first-order valence-corrected chi connectivity index (χ1v) is 11.3. The number of anilines is 1. The van der Waals surface area contributed by atoms with Gasteiger partial charge < -0.3 is 19.9 Å². The second kappa shape index (κ2) is 9.90. The Morgan fingerprint density at radius 1 is 1.22 bits per heavy atom. The van der Waals surface area contributed by atoms with E-state index in [2.05, 4.69) is 15.3 Å². The van der Waals surface area contributed by atoms with Gasteiger partial charge in [0.15, 0.2) is 0 Å². The summed E-state index contributed by atoms with van der Waals surface area (Å²) in [7, 11) is 1.56. The van der Waals surface area contributed by atoms with Crippen LogP contribution in [0.25, 0.3) is 11.0 Å². The molecular weight excluding hydrogens is 451 g/mol. The normalized spacial score (nSPS) is 15.6. The average Bonchev–Trinajstić information content (AvgIpc) is 3.07. The van der Waals surface area contributed by atoms with E-state index in [1.165, 1.54) is 0 Å². The van der Waals surface area contributed by atoms with Crippen LogP contribution in [0.2, 0.25) is 10.0 Å². The number of aromatic amines is 1. The number of rotatable bonds is 6. The first-order chi connectivity index (χ1) is 15.5. The van der Waals surface area contributed by atoms with Gasteiger partial charge >= 0.3 is 0 Å². The fraction of sp³-hybridized carbons (Fsp3) is 0.348. The van der Waals surface area contributed by atoms with Gasteiger partial charge in [0.1, 0.15) is 11.9 Å². The van der Waals surface area contributed by atoms with E-state index in [4.69, 9.17) is 27.9 Å². The molecule has 0 bridgehead atoms. The monoisotopic (exact) mass is 474 g/mol. The number of carbonyl (C=O) groups excluding carboxylic acids is 2. The summed E-state index contributed by atoms with van der Waals surface area (Å²) in [5.41, 5.74) is 2.55. The van der Waals surface area contributed by atoms with Crippen molar-refractivity contribution in [3.8, 4) is 0 Å². The van der Waals surface area contributed by atoms with E-state index >= 15 is 0 Å². The van der Waals surface area contributed by atoms with E-state index in [0.717, 1.165) is 24.8 Å². The molecule has 1 aliphatic heterocycles. The van der Waals surface area contributed by atoms with Gasteiger partial charge in [-0.05, 0) is 49.2 Å². The topological polar surface area (TPSA) is 87.3 Å². The van der Waals surface area contributed by atoms with Crippen LogP contribution in [0.3, 0.4) is 0 Å². The number of imidazole rings is 1. The Bertz CT molecular complexity index is 1150. The molecule has 0 aliphatic carbocycles. The zero-order chi connectivity index (χ0) is 22.7. The SMILES string of the molecule is COC[C@H](NC(=O)c1ccc(N2CCCCCC2=O)c(Cl)c1)c1nc2cc(Cl)ccc2[nH]1. The van der Waals surface area contributed by atoms with Gasteiger partial charge in [-0.2, -0.15) is 0 Å². The molecule has 2 amide bonds. The highest BCUT2D eigenvalue weighted by molar-refractivity contribution is 6.34. The summed E-state index contributed by atoms with van der Waals surface area (Å²) in [5, 5.41) is 3.90. The smallest absolute Gasteiger partial charge is 0.252 e. The minimum atomic E-state index is -0.496. The Labute approximate surface area is 196 Å². The van der Waals surface area contributed by atoms with Crippen molar-refractivity contribution in [2.45, 2.75) is 31.7 Å². The van der Waals surface area contributed by atoms with Crippen molar-refractivity contribution in [2.24, 2.45) is 0 Å². The largest absolute Gasteiger partial charge is 0.382 e. The maximum absolute atomic E-state index is 13.0. The molecule has 2 N–H and O–H groups in total. The molecule has 0 saturated carbocycles. The second-order valence-electron chi connectivity index (χ2n) is 7.79. The molecule has 1 aromatic heterocycles. The number of amides is 2. The van der Waals surface area contributed by atoms with Gasteiger partial charge in [-0.15, -0.1) is 0 Å². The number of ether oxygens (including phenoxy) is 1. The Balaban J connectivity index is 1.54. The molecule has 0 radical (unpaired) electrons. The van der Waals surface area contributed by atoms with Crippen LogP contribution in [-0.2, 0) is 9.53 Å². The third kappa shape index (κ3) is 4.90. The van der Waals surface area contributed by atoms with E-state index in [1.807, 2.05) is 6.07 Å². The van der Waals surface area contributed by atoms with Crippen LogP contribution in [0, 0.1) is 0 Å². The third-order valence-corrected chi connectivity index (χ3v) is 6.04. The van der Waals surface area contributed by atoms with Crippen LogP contribution in [0.1, 0.15) is 47.9 Å². The molecule has 1 saturated heterocycles. The first kappa shape index (κ1) is 22.6. The van der Waals surface area contributed by atoms with E-state index in [9.17, 15) is 9.59 Å². The van der Waals surface area contributed by atoms with E-state index in [1.54, 1.807) is 42.3 Å². The van der Waals surface area contributed by atoms with Gasteiger partial charge in [-0.3, -0.25) is 9.59 Å². The summed E-state index contributed by atoms with van der Waals surface area (Å²) in [5.74, 6) is 0.309. The molecule has 0 spiro atoms. The predicted molar refractivity (Wildman–Crippen MR) is 125 cm³/mol. The predicted octanol–water partition coefficient (Wildman–Crippen LogP) is 4.89. The molecule has 1 fully saturated rings. The lowest BCUT2D eigenvalue weighted by molar-refractivity contribution is -0.118. The zero-order valence-corrected chi connectivity index (χ0v) is 19.2. The maximum Gasteiger partial charge on any atom is 0.252 e. The number of H-pyrrole nitrogens is 1. The Kier molecular flexibility index (Phi) is 6.98. The number of hydrogen-bond acceptors (Lipinski definition) is 4. The summed E-state index contributed by atoms with van der Waals surface area (Å²) in [6.45, 7) is 0.865. The molecule has 0 unspecified atom stereocenters. The standard InChI is InChI=1S/C23H24Cl2N4O3/c1-32-13-19(22-26-17-8-7-15(24)12-18(17)27-22)28-23(31)14-6-9-20(16(25)11-14)29-10-4-2-3-5-21(29)30/h6-9,11-12,19H,2-5,10,13H2,1H3,(H,26,27)(H,28,31)/t19-/m0/s1. The molecule has 1 atom stereocenters. The third-order valence-electron chi connectivity index (χ3n) is 5.51. The molecule has 32 heavy (non-hydrogen) atoms. The molecule has 3 aromatic rings. The minimum Gasteiger partial charge on any atom is -0.382 e. The molecule has 9 heteroatoms. The fourth-order valence-electron chi connectivity index (χ4n) is 3.87. The highest BCUT2D eigenvalue weighted by Gasteiger charge is 2.23. The maximum atomic E-state index is 13.0. The highest BCUT2D eigenvalue weighted by Crippen LogP contribution is 2.30. The van der Waals surface area contributed by atoms with E-state index in [0.29, 0.717) is 45.6 Å². The number of nitrogens with zero attached hydrogens (tertiary/aromatic N) is 2. The number of carbonyl (C=O) groups is 2. The highest BCUT2D eigenvalue weighted by atomic mass is 35.5. The first-order valence-electron chi connectivity index (χ1n) is 10.5. The van der Waals surface area contributed by atoms with Gasteiger partial charge in [0.2, 0.25) is 5.91 Å². The zero-order valence-electron chi connectivity index (χ0n) is 17.7. The lowest BCUT2D eigenvalue weighted by atomic mass is 10.1. The van der Waals surface area contributed by atoms with Crippen LogP contribution < -0.4 is 10.2 Å². The van der Waals surface area contributed by atoms with Crippen LogP contribution in [0.4, 0.5) is 5.69 Å².